The van der Waals surface area contributed by atoms with Crippen molar-refractivity contribution in [3.8, 4) is 0 Å². The molecule has 1 N–H and O–H groups in total. The smallest absolute Gasteiger partial charge is 0.410 e. The molecule has 1 aliphatic heterocycles. The molecule has 0 aliphatic carbocycles. The number of hydrogen-bond acceptors (Lipinski definition) is 8. The number of carbonyl (C=O) groups excluding carboxylic acids is 2. The SMILES string of the molecule is CCOC(=O)Cn1ccnc(N[C@@H]2CN(C(=O)OC(C)(C)C)C[C@H]2c2ccccn2)c1=O. The molecule has 2 aromatic rings. The van der Waals surface area contributed by atoms with Crippen LogP contribution in [0.4, 0.5) is 10.6 Å². The number of esters is 1. The lowest BCUT2D eigenvalue weighted by molar-refractivity contribution is -0.143. The fraction of sp³-hybridized carbons (Fsp3) is 0.500. The van der Waals surface area contributed by atoms with Gasteiger partial charge in [0.05, 0.1) is 12.6 Å². The standard InChI is InChI=1S/C22H29N5O5/c1-5-31-18(28)14-26-11-10-24-19(20(26)29)25-17-13-27(21(30)32-22(2,3)4)12-15(17)16-8-6-7-9-23-16/h6-11,15,17H,5,12-14H2,1-4H3,(H,24,25)/t15-,17+/m0/s1. The molecule has 1 fully saturated rings. The number of likely N-dealkylation sites (tertiary alicyclic amines) is 1. The van der Waals surface area contributed by atoms with Crippen molar-refractivity contribution in [1.82, 2.24) is 19.4 Å². The molecule has 3 heterocycles. The number of pyridine rings is 1. The van der Waals surface area contributed by atoms with Gasteiger partial charge in [0.25, 0.3) is 5.56 Å². The first kappa shape index (κ1) is 23.2. The average Bonchev–Trinajstić information content (AvgIpc) is 3.15. The van der Waals surface area contributed by atoms with E-state index in [0.717, 1.165) is 5.69 Å². The molecule has 1 saturated heterocycles. The topological polar surface area (TPSA) is 116 Å². The summed E-state index contributed by atoms with van der Waals surface area (Å²) < 4.78 is 11.7. The highest BCUT2D eigenvalue weighted by molar-refractivity contribution is 5.69. The van der Waals surface area contributed by atoms with Crippen molar-refractivity contribution in [1.29, 1.82) is 0 Å². The van der Waals surface area contributed by atoms with Gasteiger partial charge in [-0.05, 0) is 39.8 Å². The predicted octanol–water partition coefficient (Wildman–Crippen LogP) is 2.02. The lowest BCUT2D eigenvalue weighted by Crippen LogP contribution is -2.37. The van der Waals surface area contributed by atoms with Crippen LogP contribution in [-0.2, 0) is 20.8 Å². The van der Waals surface area contributed by atoms with Crippen LogP contribution in [-0.4, -0.2) is 62.8 Å². The van der Waals surface area contributed by atoms with Gasteiger partial charge in [-0.3, -0.25) is 19.1 Å². The third-order valence-corrected chi connectivity index (χ3v) is 4.88. The molecule has 0 unspecified atom stereocenters. The van der Waals surface area contributed by atoms with Gasteiger partial charge in [0.1, 0.15) is 12.1 Å². The Morgan fingerprint density at radius 3 is 2.62 bits per heavy atom. The second kappa shape index (κ2) is 9.80. The van der Waals surface area contributed by atoms with E-state index in [2.05, 4.69) is 15.3 Å². The first-order valence-corrected chi connectivity index (χ1v) is 10.5. The molecule has 0 bridgehead atoms. The monoisotopic (exact) mass is 443 g/mol. The Bertz CT molecular complexity index is 1000. The maximum Gasteiger partial charge on any atom is 0.410 e. The Morgan fingerprint density at radius 2 is 1.97 bits per heavy atom. The summed E-state index contributed by atoms with van der Waals surface area (Å²) in [6.45, 7) is 7.86. The van der Waals surface area contributed by atoms with Crippen molar-refractivity contribution in [3.05, 3.63) is 52.8 Å². The molecule has 1 amide bonds. The molecule has 0 aromatic carbocycles. The molecular weight excluding hydrogens is 414 g/mol. The van der Waals surface area contributed by atoms with E-state index in [-0.39, 0.29) is 30.9 Å². The average molecular weight is 444 g/mol. The van der Waals surface area contributed by atoms with Crippen molar-refractivity contribution in [2.75, 3.05) is 25.0 Å². The zero-order valence-electron chi connectivity index (χ0n) is 18.8. The zero-order chi connectivity index (χ0) is 23.3. The summed E-state index contributed by atoms with van der Waals surface area (Å²) in [7, 11) is 0. The number of amides is 1. The van der Waals surface area contributed by atoms with Gasteiger partial charge in [0.15, 0.2) is 5.82 Å². The van der Waals surface area contributed by atoms with Gasteiger partial charge < -0.3 is 19.7 Å². The second-order valence-electron chi connectivity index (χ2n) is 8.51. The first-order valence-electron chi connectivity index (χ1n) is 10.5. The summed E-state index contributed by atoms with van der Waals surface area (Å²) in [6.07, 6.45) is 4.14. The molecule has 172 valence electrons. The predicted molar refractivity (Wildman–Crippen MR) is 117 cm³/mol. The summed E-state index contributed by atoms with van der Waals surface area (Å²) in [5.74, 6) is -0.590. The molecule has 1 aliphatic rings. The largest absolute Gasteiger partial charge is 0.465 e. The van der Waals surface area contributed by atoms with Gasteiger partial charge in [-0.25, -0.2) is 9.78 Å². The molecule has 0 saturated carbocycles. The summed E-state index contributed by atoms with van der Waals surface area (Å²) in [4.78, 5) is 47.5. The van der Waals surface area contributed by atoms with Crippen molar-refractivity contribution >= 4 is 17.9 Å². The van der Waals surface area contributed by atoms with Crippen LogP contribution >= 0.6 is 0 Å². The molecule has 2 atom stereocenters. The van der Waals surface area contributed by atoms with E-state index in [4.69, 9.17) is 9.47 Å². The van der Waals surface area contributed by atoms with Crippen LogP contribution in [0.25, 0.3) is 0 Å². The van der Waals surface area contributed by atoms with Crippen LogP contribution in [0.5, 0.6) is 0 Å². The number of carbonyl (C=O) groups is 2. The van der Waals surface area contributed by atoms with Crippen molar-refractivity contribution in [2.45, 2.75) is 51.8 Å². The van der Waals surface area contributed by atoms with Gasteiger partial charge in [-0.1, -0.05) is 6.07 Å². The summed E-state index contributed by atoms with van der Waals surface area (Å²) in [5.41, 5.74) is -0.278. The highest BCUT2D eigenvalue weighted by Crippen LogP contribution is 2.29. The maximum absolute atomic E-state index is 12.9. The van der Waals surface area contributed by atoms with Crippen LogP contribution in [0.2, 0.25) is 0 Å². The lowest BCUT2D eigenvalue weighted by atomic mass is 9.99. The minimum absolute atomic E-state index is 0.0915. The van der Waals surface area contributed by atoms with Crippen LogP contribution in [0, 0.1) is 0 Å². The zero-order valence-corrected chi connectivity index (χ0v) is 18.8. The summed E-state index contributed by atoms with van der Waals surface area (Å²) in [6, 6.07) is 5.26. The minimum Gasteiger partial charge on any atom is -0.465 e. The molecule has 2 aromatic heterocycles. The fourth-order valence-electron chi connectivity index (χ4n) is 3.51. The van der Waals surface area contributed by atoms with Crippen LogP contribution in [0.15, 0.2) is 41.6 Å². The Hall–Kier alpha value is -3.43. The van der Waals surface area contributed by atoms with E-state index in [9.17, 15) is 14.4 Å². The number of anilines is 1. The highest BCUT2D eigenvalue weighted by atomic mass is 16.6. The van der Waals surface area contributed by atoms with Gasteiger partial charge in [0.2, 0.25) is 0 Å². The van der Waals surface area contributed by atoms with Gasteiger partial charge in [-0.15, -0.1) is 0 Å². The first-order chi connectivity index (χ1) is 15.2. The third-order valence-electron chi connectivity index (χ3n) is 4.88. The highest BCUT2D eigenvalue weighted by Gasteiger charge is 2.39. The van der Waals surface area contributed by atoms with E-state index < -0.39 is 23.2 Å². The van der Waals surface area contributed by atoms with Crippen LogP contribution < -0.4 is 10.9 Å². The van der Waals surface area contributed by atoms with E-state index in [1.807, 2.05) is 39.0 Å². The quantitative estimate of drug-likeness (QED) is 0.674. The third kappa shape index (κ3) is 5.83. The van der Waals surface area contributed by atoms with E-state index >= 15 is 0 Å². The summed E-state index contributed by atoms with van der Waals surface area (Å²) >= 11 is 0. The molecule has 0 spiro atoms. The van der Waals surface area contributed by atoms with Crippen LogP contribution in [0.3, 0.4) is 0 Å². The number of rotatable bonds is 6. The number of hydrogen-bond donors (Lipinski definition) is 1. The Labute approximate surface area is 186 Å². The Balaban J connectivity index is 1.83. The lowest BCUT2D eigenvalue weighted by Gasteiger charge is -2.24. The molecule has 0 radical (unpaired) electrons. The number of nitrogens with one attached hydrogen (secondary N) is 1. The van der Waals surface area contributed by atoms with Crippen LogP contribution in [0.1, 0.15) is 39.3 Å². The molecule has 10 nitrogen and oxygen atoms in total. The second-order valence-corrected chi connectivity index (χ2v) is 8.51. The number of ether oxygens (including phenoxy) is 2. The number of aromatic nitrogens is 3. The Morgan fingerprint density at radius 1 is 1.19 bits per heavy atom. The molecule has 10 heteroatoms. The van der Waals surface area contributed by atoms with E-state index in [1.165, 1.54) is 17.0 Å². The van der Waals surface area contributed by atoms with Crippen molar-refractivity contribution in [2.24, 2.45) is 0 Å². The normalized spacial score (nSPS) is 18.3. The van der Waals surface area contributed by atoms with E-state index in [0.29, 0.717) is 13.1 Å². The van der Waals surface area contributed by atoms with Crippen molar-refractivity contribution < 1.29 is 19.1 Å². The van der Waals surface area contributed by atoms with Crippen molar-refractivity contribution in [3.63, 3.8) is 0 Å². The minimum atomic E-state index is -0.620. The van der Waals surface area contributed by atoms with Gasteiger partial charge in [0, 0.05) is 43.3 Å². The molecule has 32 heavy (non-hydrogen) atoms. The van der Waals surface area contributed by atoms with Gasteiger partial charge >= 0.3 is 12.1 Å². The molecular formula is C22H29N5O5. The molecule has 3 rings (SSSR count). The van der Waals surface area contributed by atoms with Gasteiger partial charge in [-0.2, -0.15) is 0 Å². The fourth-order valence-corrected chi connectivity index (χ4v) is 3.51. The number of nitrogens with zero attached hydrogens (tertiary/aromatic N) is 4. The van der Waals surface area contributed by atoms with E-state index in [1.54, 1.807) is 18.0 Å². The Kier molecular flexibility index (Phi) is 7.12. The maximum atomic E-state index is 12.9. The summed E-state index contributed by atoms with van der Waals surface area (Å²) in [5, 5.41) is 3.17.